The molecular weight excluding hydrogens is 358 g/mol. The predicted octanol–water partition coefficient (Wildman–Crippen LogP) is 4.56. The number of carbonyl (C=O) groups is 1. The van der Waals surface area contributed by atoms with Crippen LogP contribution in [-0.4, -0.2) is 22.4 Å². The van der Waals surface area contributed by atoms with Crippen LogP contribution in [0.5, 0.6) is 0 Å². The fraction of sp³-hybridized carbons (Fsp3) is 0.120. The molecule has 0 fully saturated rings. The van der Waals surface area contributed by atoms with Gasteiger partial charge >= 0.3 is 0 Å². The van der Waals surface area contributed by atoms with E-state index in [1.54, 1.807) is 12.4 Å². The van der Waals surface area contributed by atoms with Gasteiger partial charge in [0, 0.05) is 36.8 Å². The highest BCUT2D eigenvalue weighted by molar-refractivity contribution is 5.94. The van der Waals surface area contributed by atoms with E-state index in [-0.39, 0.29) is 11.8 Å². The molecule has 0 aliphatic heterocycles. The zero-order chi connectivity index (χ0) is 19.9. The lowest BCUT2D eigenvalue weighted by atomic mass is 9.85. The summed E-state index contributed by atoms with van der Waals surface area (Å²) >= 11 is 0. The number of aromatic amines is 1. The fourth-order valence-corrected chi connectivity index (χ4v) is 3.53. The minimum atomic E-state index is -0.0703. The second kappa shape index (κ2) is 9.02. The molecular formula is C25H23N3O. The highest BCUT2D eigenvalue weighted by atomic mass is 16.1. The van der Waals surface area contributed by atoms with Crippen molar-refractivity contribution in [3.8, 4) is 0 Å². The maximum atomic E-state index is 12.5. The molecule has 0 aliphatic rings. The average molecular weight is 381 g/mol. The Morgan fingerprint density at radius 2 is 1.41 bits per heavy atom. The predicted molar refractivity (Wildman–Crippen MR) is 115 cm³/mol. The summed E-state index contributed by atoms with van der Waals surface area (Å²) in [7, 11) is 0. The van der Waals surface area contributed by atoms with Crippen molar-refractivity contribution >= 4 is 5.91 Å². The van der Waals surface area contributed by atoms with E-state index >= 15 is 0 Å². The molecule has 0 aliphatic carbocycles. The number of aromatic nitrogens is 2. The third-order valence-electron chi connectivity index (χ3n) is 4.97. The Kier molecular flexibility index (Phi) is 5.81. The zero-order valence-electron chi connectivity index (χ0n) is 16.1. The number of benzene rings is 3. The molecule has 144 valence electrons. The van der Waals surface area contributed by atoms with Gasteiger partial charge in [-0.3, -0.25) is 4.79 Å². The van der Waals surface area contributed by atoms with Crippen LogP contribution in [-0.2, 0) is 6.42 Å². The highest BCUT2D eigenvalue weighted by Gasteiger charge is 2.17. The van der Waals surface area contributed by atoms with Crippen molar-refractivity contribution < 1.29 is 4.79 Å². The molecule has 4 nitrogen and oxygen atoms in total. The maximum Gasteiger partial charge on any atom is 0.251 e. The molecule has 0 unspecified atom stereocenters. The number of carbonyl (C=O) groups excluding carboxylic acids is 1. The van der Waals surface area contributed by atoms with Gasteiger partial charge in [-0.1, -0.05) is 72.8 Å². The Labute approximate surface area is 170 Å². The van der Waals surface area contributed by atoms with Crippen LogP contribution in [0.3, 0.4) is 0 Å². The lowest BCUT2D eigenvalue weighted by molar-refractivity contribution is 0.0954. The molecule has 0 saturated heterocycles. The SMILES string of the molecule is O=C(NCCc1ncc[nH]1)c1ccc(C(c2ccccc2)c2ccccc2)cc1. The van der Waals surface area contributed by atoms with Gasteiger partial charge in [0.25, 0.3) is 5.91 Å². The normalized spacial score (nSPS) is 10.8. The van der Waals surface area contributed by atoms with Crippen molar-refractivity contribution in [2.45, 2.75) is 12.3 Å². The molecule has 1 amide bonds. The third-order valence-corrected chi connectivity index (χ3v) is 4.97. The van der Waals surface area contributed by atoms with Gasteiger partial charge in [-0.05, 0) is 28.8 Å². The Morgan fingerprint density at radius 3 is 1.97 bits per heavy atom. The van der Waals surface area contributed by atoms with Gasteiger partial charge in [0.1, 0.15) is 5.82 Å². The number of nitrogens with zero attached hydrogens (tertiary/aromatic N) is 1. The first-order valence-electron chi connectivity index (χ1n) is 9.77. The number of nitrogens with one attached hydrogen (secondary N) is 2. The summed E-state index contributed by atoms with van der Waals surface area (Å²) in [5.41, 5.74) is 4.28. The van der Waals surface area contributed by atoms with Gasteiger partial charge < -0.3 is 10.3 Å². The van der Waals surface area contributed by atoms with E-state index in [1.807, 2.05) is 36.4 Å². The lowest BCUT2D eigenvalue weighted by Gasteiger charge is -2.19. The molecule has 4 rings (SSSR count). The van der Waals surface area contributed by atoms with Crippen LogP contribution in [0, 0.1) is 0 Å². The van der Waals surface area contributed by atoms with Crippen molar-refractivity contribution in [1.29, 1.82) is 0 Å². The van der Waals surface area contributed by atoms with Crippen molar-refractivity contribution in [2.75, 3.05) is 6.54 Å². The van der Waals surface area contributed by atoms with Crippen LogP contribution in [0.2, 0.25) is 0 Å². The Morgan fingerprint density at radius 1 is 0.828 bits per heavy atom. The smallest absolute Gasteiger partial charge is 0.251 e. The molecule has 0 bridgehead atoms. The average Bonchev–Trinajstić information content (AvgIpc) is 3.29. The molecule has 1 heterocycles. The van der Waals surface area contributed by atoms with Crippen LogP contribution in [0.4, 0.5) is 0 Å². The zero-order valence-corrected chi connectivity index (χ0v) is 16.1. The first-order chi connectivity index (χ1) is 14.3. The fourth-order valence-electron chi connectivity index (χ4n) is 3.53. The summed E-state index contributed by atoms with van der Waals surface area (Å²) in [6, 6.07) is 28.8. The topological polar surface area (TPSA) is 57.8 Å². The molecule has 0 saturated carbocycles. The third kappa shape index (κ3) is 4.61. The summed E-state index contributed by atoms with van der Waals surface area (Å²) in [6.45, 7) is 0.546. The van der Waals surface area contributed by atoms with Crippen molar-refractivity contribution in [1.82, 2.24) is 15.3 Å². The minimum Gasteiger partial charge on any atom is -0.352 e. The van der Waals surface area contributed by atoms with Crippen LogP contribution in [0.25, 0.3) is 0 Å². The van der Waals surface area contributed by atoms with Crippen molar-refractivity contribution in [3.63, 3.8) is 0 Å². The van der Waals surface area contributed by atoms with Crippen LogP contribution in [0.15, 0.2) is 97.3 Å². The number of rotatable bonds is 7. The van der Waals surface area contributed by atoms with E-state index in [4.69, 9.17) is 0 Å². The van der Waals surface area contributed by atoms with Gasteiger partial charge in [-0.2, -0.15) is 0 Å². The number of amides is 1. The van der Waals surface area contributed by atoms with Crippen molar-refractivity contribution in [3.05, 3.63) is 125 Å². The van der Waals surface area contributed by atoms with Crippen LogP contribution in [0.1, 0.15) is 38.8 Å². The van der Waals surface area contributed by atoms with E-state index in [0.717, 1.165) is 11.4 Å². The minimum absolute atomic E-state index is 0.0703. The molecule has 0 atom stereocenters. The van der Waals surface area contributed by atoms with E-state index in [9.17, 15) is 4.79 Å². The van der Waals surface area contributed by atoms with E-state index in [1.165, 1.54) is 11.1 Å². The van der Waals surface area contributed by atoms with Crippen LogP contribution < -0.4 is 5.32 Å². The second-order valence-electron chi connectivity index (χ2n) is 6.92. The highest BCUT2D eigenvalue weighted by Crippen LogP contribution is 2.31. The molecule has 0 spiro atoms. The largest absolute Gasteiger partial charge is 0.352 e. The lowest BCUT2D eigenvalue weighted by Crippen LogP contribution is -2.25. The molecule has 4 aromatic rings. The molecule has 4 heteroatoms. The van der Waals surface area contributed by atoms with Gasteiger partial charge in [0.05, 0.1) is 0 Å². The van der Waals surface area contributed by atoms with Crippen LogP contribution >= 0.6 is 0 Å². The summed E-state index contributed by atoms with van der Waals surface area (Å²) in [6.07, 6.45) is 4.18. The Balaban J connectivity index is 1.50. The molecule has 29 heavy (non-hydrogen) atoms. The molecule has 2 N–H and O–H groups in total. The standard InChI is InChI=1S/C25H23N3O/c29-25(28-16-15-23-26-17-18-27-23)22-13-11-21(12-14-22)24(19-7-3-1-4-8-19)20-9-5-2-6-10-20/h1-14,17-18,24H,15-16H2,(H,26,27)(H,28,29). The quantitative estimate of drug-likeness (QED) is 0.461. The molecule has 0 radical (unpaired) electrons. The van der Waals surface area contributed by atoms with E-state index in [0.29, 0.717) is 18.5 Å². The number of imidazole rings is 1. The Hall–Kier alpha value is -3.66. The first-order valence-corrected chi connectivity index (χ1v) is 9.77. The van der Waals surface area contributed by atoms with Gasteiger partial charge in [0.2, 0.25) is 0 Å². The van der Waals surface area contributed by atoms with Gasteiger partial charge in [0.15, 0.2) is 0 Å². The van der Waals surface area contributed by atoms with E-state index < -0.39 is 0 Å². The number of H-pyrrole nitrogens is 1. The number of hydrogen-bond donors (Lipinski definition) is 2. The Bertz CT molecular complexity index is 987. The van der Waals surface area contributed by atoms with Gasteiger partial charge in [-0.15, -0.1) is 0 Å². The van der Waals surface area contributed by atoms with Crippen molar-refractivity contribution in [2.24, 2.45) is 0 Å². The molecule has 3 aromatic carbocycles. The van der Waals surface area contributed by atoms with Gasteiger partial charge in [-0.25, -0.2) is 4.98 Å². The number of hydrogen-bond acceptors (Lipinski definition) is 2. The monoisotopic (exact) mass is 381 g/mol. The molecule has 1 aromatic heterocycles. The van der Waals surface area contributed by atoms with E-state index in [2.05, 4.69) is 63.8 Å². The summed E-state index contributed by atoms with van der Waals surface area (Å²) in [5, 5.41) is 2.95. The summed E-state index contributed by atoms with van der Waals surface area (Å²) < 4.78 is 0. The first kappa shape index (κ1) is 18.7. The maximum absolute atomic E-state index is 12.5. The second-order valence-corrected chi connectivity index (χ2v) is 6.92. The summed E-state index contributed by atoms with van der Waals surface area (Å²) in [5.74, 6) is 0.932. The summed E-state index contributed by atoms with van der Waals surface area (Å²) in [4.78, 5) is 19.7.